The molecule has 1 aliphatic rings. The molecule has 19 heavy (non-hydrogen) atoms. The fourth-order valence-corrected chi connectivity index (χ4v) is 2.52. The van der Waals surface area contributed by atoms with Crippen LogP contribution in [0.15, 0.2) is 18.2 Å². The summed E-state index contributed by atoms with van der Waals surface area (Å²) in [4.78, 5) is 14.3. The number of hydrogen-bond donors (Lipinski definition) is 1. The molecule has 1 aromatic rings. The zero-order valence-electron chi connectivity index (χ0n) is 11.9. The highest BCUT2D eigenvalue weighted by Gasteiger charge is 2.31. The van der Waals surface area contributed by atoms with E-state index in [1.165, 1.54) is 0 Å². The molecule has 0 bridgehead atoms. The summed E-state index contributed by atoms with van der Waals surface area (Å²) in [6.45, 7) is 8.58. The monoisotopic (exact) mass is 262 g/mol. The summed E-state index contributed by atoms with van der Waals surface area (Å²) in [6, 6.07) is 5.46. The van der Waals surface area contributed by atoms with Crippen LogP contribution < -0.4 is 10.6 Å². The van der Waals surface area contributed by atoms with E-state index in [-0.39, 0.29) is 11.4 Å². The molecule has 0 radical (unpaired) electrons. The van der Waals surface area contributed by atoms with Crippen LogP contribution in [-0.2, 0) is 4.74 Å². The minimum absolute atomic E-state index is 0.285. The van der Waals surface area contributed by atoms with E-state index in [9.17, 15) is 4.79 Å². The Balaban J connectivity index is 2.32. The maximum Gasteiger partial charge on any atom is 0.340 e. The van der Waals surface area contributed by atoms with E-state index in [2.05, 4.69) is 18.7 Å². The molecule has 0 atom stereocenters. The van der Waals surface area contributed by atoms with Crippen molar-refractivity contribution in [3.8, 4) is 0 Å². The van der Waals surface area contributed by atoms with Gasteiger partial charge >= 0.3 is 5.97 Å². The number of hydrogen-bond acceptors (Lipinski definition) is 4. The van der Waals surface area contributed by atoms with Crippen LogP contribution in [0.4, 0.5) is 11.4 Å². The molecule has 0 saturated carbocycles. The Morgan fingerprint density at radius 1 is 1.47 bits per heavy atom. The van der Waals surface area contributed by atoms with Crippen LogP contribution >= 0.6 is 0 Å². The summed E-state index contributed by atoms with van der Waals surface area (Å²) >= 11 is 0. The van der Waals surface area contributed by atoms with Gasteiger partial charge in [-0.25, -0.2) is 4.79 Å². The Bertz CT molecular complexity index is 483. The first kappa shape index (κ1) is 13.7. The number of rotatable bonds is 3. The molecule has 1 saturated heterocycles. The molecular weight excluding hydrogens is 240 g/mol. The summed E-state index contributed by atoms with van der Waals surface area (Å²) in [5.74, 6) is -0.297. The van der Waals surface area contributed by atoms with Crippen molar-refractivity contribution in [1.82, 2.24) is 0 Å². The number of esters is 1. The van der Waals surface area contributed by atoms with E-state index in [4.69, 9.17) is 10.5 Å². The fourth-order valence-electron chi connectivity index (χ4n) is 2.52. The van der Waals surface area contributed by atoms with Crippen LogP contribution in [0.2, 0.25) is 0 Å². The van der Waals surface area contributed by atoms with Crippen molar-refractivity contribution in [2.75, 3.05) is 30.3 Å². The second-order valence-corrected chi connectivity index (χ2v) is 5.83. The molecule has 2 N–H and O–H groups in total. The number of nitrogen functional groups attached to an aromatic ring is 1. The number of nitrogens with zero attached hydrogens (tertiary/aromatic N) is 1. The second-order valence-electron chi connectivity index (χ2n) is 5.83. The van der Waals surface area contributed by atoms with E-state index in [0.717, 1.165) is 25.2 Å². The minimum atomic E-state index is -0.297. The molecule has 4 nitrogen and oxygen atoms in total. The van der Waals surface area contributed by atoms with Crippen LogP contribution in [0.1, 0.15) is 37.6 Å². The van der Waals surface area contributed by atoms with Crippen molar-refractivity contribution in [2.24, 2.45) is 5.41 Å². The summed E-state index contributed by atoms with van der Waals surface area (Å²) in [5.41, 5.74) is 8.16. The van der Waals surface area contributed by atoms with Gasteiger partial charge in [0.05, 0.1) is 17.9 Å². The minimum Gasteiger partial charge on any atom is -0.462 e. The van der Waals surface area contributed by atoms with Gasteiger partial charge in [-0.2, -0.15) is 0 Å². The highest BCUT2D eigenvalue weighted by atomic mass is 16.5. The van der Waals surface area contributed by atoms with E-state index < -0.39 is 0 Å². The van der Waals surface area contributed by atoms with Gasteiger partial charge in [-0.15, -0.1) is 0 Å². The summed E-state index contributed by atoms with van der Waals surface area (Å²) < 4.78 is 5.11. The molecule has 1 aliphatic heterocycles. The van der Waals surface area contributed by atoms with Crippen molar-refractivity contribution in [2.45, 2.75) is 27.2 Å². The summed E-state index contributed by atoms with van der Waals surface area (Å²) in [6.07, 6.45) is 1.12. The summed E-state index contributed by atoms with van der Waals surface area (Å²) in [7, 11) is 0. The lowest BCUT2D eigenvalue weighted by atomic mass is 9.93. The smallest absolute Gasteiger partial charge is 0.340 e. The topological polar surface area (TPSA) is 55.6 Å². The van der Waals surface area contributed by atoms with Crippen LogP contribution in [0.25, 0.3) is 0 Å². The van der Waals surface area contributed by atoms with Crippen molar-refractivity contribution < 1.29 is 9.53 Å². The second kappa shape index (κ2) is 5.11. The molecule has 1 fully saturated rings. The van der Waals surface area contributed by atoms with Gasteiger partial charge in [-0.3, -0.25) is 0 Å². The third-order valence-electron chi connectivity index (χ3n) is 3.53. The molecule has 4 heteroatoms. The number of carbonyl (C=O) groups is 1. The van der Waals surface area contributed by atoms with Crippen LogP contribution in [0, 0.1) is 5.41 Å². The summed E-state index contributed by atoms with van der Waals surface area (Å²) in [5, 5.41) is 0. The average Bonchev–Trinajstić information content (AvgIpc) is 2.70. The Hall–Kier alpha value is -1.71. The molecule has 2 rings (SSSR count). The van der Waals surface area contributed by atoms with E-state index >= 15 is 0 Å². The predicted molar refractivity (Wildman–Crippen MR) is 77.4 cm³/mol. The molecule has 1 aromatic carbocycles. The van der Waals surface area contributed by atoms with Gasteiger partial charge in [0.1, 0.15) is 0 Å². The number of ether oxygens (including phenoxy) is 1. The Morgan fingerprint density at radius 2 is 2.21 bits per heavy atom. The van der Waals surface area contributed by atoms with Crippen LogP contribution in [0.3, 0.4) is 0 Å². The standard InChI is InChI=1S/C15H22N2O2/c1-4-19-14(18)12-9-11(16)5-6-13(12)17-8-7-15(2,3)10-17/h5-6,9H,4,7-8,10,16H2,1-3H3. The maximum atomic E-state index is 12.0. The molecule has 104 valence electrons. The van der Waals surface area contributed by atoms with Gasteiger partial charge in [-0.1, -0.05) is 13.8 Å². The van der Waals surface area contributed by atoms with Crippen LogP contribution in [-0.4, -0.2) is 25.7 Å². The first-order valence-electron chi connectivity index (χ1n) is 6.74. The van der Waals surface area contributed by atoms with Gasteiger partial charge in [0.15, 0.2) is 0 Å². The first-order valence-corrected chi connectivity index (χ1v) is 6.74. The quantitative estimate of drug-likeness (QED) is 0.672. The lowest BCUT2D eigenvalue weighted by Gasteiger charge is -2.23. The van der Waals surface area contributed by atoms with Gasteiger partial charge < -0.3 is 15.4 Å². The molecule has 0 unspecified atom stereocenters. The zero-order chi connectivity index (χ0) is 14.0. The molecule has 0 spiro atoms. The number of anilines is 2. The Kier molecular flexibility index (Phi) is 3.69. The van der Waals surface area contributed by atoms with Crippen molar-refractivity contribution in [1.29, 1.82) is 0 Å². The largest absolute Gasteiger partial charge is 0.462 e. The highest BCUT2D eigenvalue weighted by molar-refractivity contribution is 5.97. The number of carbonyl (C=O) groups excluding carboxylic acids is 1. The number of benzene rings is 1. The third-order valence-corrected chi connectivity index (χ3v) is 3.53. The highest BCUT2D eigenvalue weighted by Crippen LogP contribution is 2.34. The molecule has 1 heterocycles. The normalized spacial score (nSPS) is 17.5. The average molecular weight is 262 g/mol. The lowest BCUT2D eigenvalue weighted by molar-refractivity contribution is 0.0527. The number of nitrogens with two attached hydrogens (primary N) is 1. The third kappa shape index (κ3) is 3.00. The zero-order valence-corrected chi connectivity index (χ0v) is 11.9. The van der Waals surface area contributed by atoms with E-state index in [1.807, 2.05) is 19.1 Å². The SMILES string of the molecule is CCOC(=O)c1cc(N)ccc1N1CCC(C)(C)C1. The van der Waals surface area contributed by atoms with Gasteiger partial charge in [0.25, 0.3) is 0 Å². The van der Waals surface area contributed by atoms with Crippen LogP contribution in [0.5, 0.6) is 0 Å². The first-order chi connectivity index (χ1) is 8.93. The van der Waals surface area contributed by atoms with Gasteiger partial charge in [0.2, 0.25) is 0 Å². The van der Waals surface area contributed by atoms with Gasteiger partial charge in [0, 0.05) is 18.8 Å². The van der Waals surface area contributed by atoms with Crippen molar-refractivity contribution in [3.05, 3.63) is 23.8 Å². The fraction of sp³-hybridized carbons (Fsp3) is 0.533. The molecule has 0 amide bonds. The molecular formula is C15H22N2O2. The lowest BCUT2D eigenvalue weighted by Crippen LogP contribution is -2.25. The molecule has 0 aliphatic carbocycles. The van der Waals surface area contributed by atoms with E-state index in [1.54, 1.807) is 6.07 Å². The maximum absolute atomic E-state index is 12.0. The van der Waals surface area contributed by atoms with Crippen molar-refractivity contribution in [3.63, 3.8) is 0 Å². The van der Waals surface area contributed by atoms with E-state index in [0.29, 0.717) is 17.9 Å². The predicted octanol–water partition coefficient (Wildman–Crippen LogP) is 2.68. The molecule has 0 aromatic heterocycles. The van der Waals surface area contributed by atoms with Gasteiger partial charge in [-0.05, 0) is 37.0 Å². The van der Waals surface area contributed by atoms with Crippen molar-refractivity contribution >= 4 is 17.3 Å². The Morgan fingerprint density at radius 3 is 2.79 bits per heavy atom. The Labute approximate surface area is 114 Å².